The topological polar surface area (TPSA) is 21.1 Å². The molecular weight excluding hydrogens is 270 g/mol. The summed E-state index contributed by atoms with van der Waals surface area (Å²) in [5, 5.41) is 0. The Morgan fingerprint density at radius 2 is 2.00 bits per heavy atom. The minimum atomic E-state index is 0.484. The lowest BCUT2D eigenvalue weighted by molar-refractivity contribution is 0.325. The van der Waals surface area contributed by atoms with Crippen molar-refractivity contribution in [2.45, 2.75) is 38.6 Å². The van der Waals surface area contributed by atoms with E-state index in [1.165, 1.54) is 50.0 Å². The van der Waals surface area contributed by atoms with Gasteiger partial charge in [-0.25, -0.2) is 4.98 Å². The van der Waals surface area contributed by atoms with Crippen molar-refractivity contribution >= 4 is 22.6 Å². The van der Waals surface area contributed by atoms with Crippen LogP contribution in [0.1, 0.15) is 30.7 Å². The van der Waals surface area contributed by atoms with Gasteiger partial charge in [0.25, 0.3) is 0 Å². The fourth-order valence-corrected chi connectivity index (χ4v) is 3.30. The Morgan fingerprint density at radius 3 is 2.75 bits per heavy atom. The second kappa shape index (κ2) is 6.15. The van der Waals surface area contributed by atoms with E-state index in [-0.39, 0.29) is 0 Å². The number of hydrogen-bond donors (Lipinski definition) is 0. The van der Waals surface area contributed by atoms with Gasteiger partial charge in [-0.15, -0.1) is 11.6 Å². The van der Waals surface area contributed by atoms with Crippen LogP contribution in [-0.4, -0.2) is 34.1 Å². The van der Waals surface area contributed by atoms with E-state index in [2.05, 4.69) is 39.6 Å². The monoisotopic (exact) mass is 291 g/mol. The van der Waals surface area contributed by atoms with E-state index in [1.807, 2.05) is 0 Å². The highest BCUT2D eigenvalue weighted by Gasteiger charge is 2.13. The van der Waals surface area contributed by atoms with Gasteiger partial charge in [0.15, 0.2) is 0 Å². The Balaban J connectivity index is 1.76. The summed E-state index contributed by atoms with van der Waals surface area (Å²) in [6.07, 6.45) is 3.89. The second-order valence-electron chi connectivity index (χ2n) is 5.71. The summed E-state index contributed by atoms with van der Waals surface area (Å²) < 4.78 is 2.30. The third kappa shape index (κ3) is 2.84. The van der Waals surface area contributed by atoms with E-state index in [0.717, 1.165) is 17.9 Å². The first-order chi connectivity index (χ1) is 9.78. The Hall–Kier alpha value is -1.06. The number of likely N-dealkylation sites (tertiary alicyclic amines) is 1. The van der Waals surface area contributed by atoms with Crippen molar-refractivity contribution in [1.82, 2.24) is 14.5 Å². The molecule has 1 aliphatic rings. The van der Waals surface area contributed by atoms with Crippen molar-refractivity contribution < 1.29 is 0 Å². The molecule has 1 saturated heterocycles. The third-order valence-electron chi connectivity index (χ3n) is 4.16. The van der Waals surface area contributed by atoms with Gasteiger partial charge in [0.05, 0.1) is 16.9 Å². The molecular formula is C16H22ClN3. The van der Waals surface area contributed by atoms with Crippen LogP contribution in [0.25, 0.3) is 11.0 Å². The highest BCUT2D eigenvalue weighted by atomic mass is 35.5. The smallest absolute Gasteiger partial charge is 0.124 e. The van der Waals surface area contributed by atoms with Gasteiger partial charge in [-0.1, -0.05) is 6.07 Å². The van der Waals surface area contributed by atoms with Gasteiger partial charge in [0.2, 0.25) is 0 Å². The molecule has 20 heavy (non-hydrogen) atoms. The molecule has 0 aliphatic carbocycles. The SMILES string of the molecule is Cc1ccc2nc(CCl)n(CCCN3CCCC3)c2c1. The maximum atomic E-state index is 6.06. The van der Waals surface area contributed by atoms with E-state index in [1.54, 1.807) is 0 Å². The fraction of sp³-hybridized carbons (Fsp3) is 0.562. The van der Waals surface area contributed by atoms with Crippen LogP contribution in [0.5, 0.6) is 0 Å². The molecule has 0 saturated carbocycles. The van der Waals surface area contributed by atoms with E-state index >= 15 is 0 Å². The lowest BCUT2D eigenvalue weighted by Gasteiger charge is -2.15. The summed E-state index contributed by atoms with van der Waals surface area (Å²) in [7, 11) is 0. The minimum absolute atomic E-state index is 0.484. The van der Waals surface area contributed by atoms with Gasteiger partial charge in [0.1, 0.15) is 5.82 Å². The molecule has 1 aromatic heterocycles. The van der Waals surface area contributed by atoms with Crippen LogP contribution in [0, 0.1) is 6.92 Å². The number of benzene rings is 1. The van der Waals surface area contributed by atoms with Gasteiger partial charge < -0.3 is 9.47 Å². The summed E-state index contributed by atoms with van der Waals surface area (Å²) in [5.41, 5.74) is 3.56. The summed E-state index contributed by atoms with van der Waals surface area (Å²) in [6, 6.07) is 6.42. The van der Waals surface area contributed by atoms with Crippen LogP contribution < -0.4 is 0 Å². The lowest BCUT2D eigenvalue weighted by Crippen LogP contribution is -2.21. The summed E-state index contributed by atoms with van der Waals surface area (Å²) in [6.45, 7) is 6.87. The average Bonchev–Trinajstić information content (AvgIpc) is 3.07. The second-order valence-corrected chi connectivity index (χ2v) is 5.98. The number of imidazole rings is 1. The van der Waals surface area contributed by atoms with Crippen LogP contribution >= 0.6 is 11.6 Å². The Kier molecular flexibility index (Phi) is 4.27. The predicted octanol–water partition coefficient (Wildman–Crippen LogP) is 3.57. The van der Waals surface area contributed by atoms with Gasteiger partial charge in [0, 0.05) is 6.54 Å². The van der Waals surface area contributed by atoms with E-state index in [0.29, 0.717) is 5.88 Å². The molecule has 0 radical (unpaired) electrons. The van der Waals surface area contributed by atoms with Crippen LogP contribution in [0.2, 0.25) is 0 Å². The molecule has 3 rings (SSSR count). The molecule has 0 amide bonds. The van der Waals surface area contributed by atoms with E-state index in [4.69, 9.17) is 11.6 Å². The molecule has 2 aromatic rings. The highest BCUT2D eigenvalue weighted by Crippen LogP contribution is 2.20. The lowest BCUT2D eigenvalue weighted by atomic mass is 10.2. The molecule has 0 atom stereocenters. The maximum absolute atomic E-state index is 6.06. The normalized spacial score (nSPS) is 16.3. The van der Waals surface area contributed by atoms with Gasteiger partial charge in [-0.05, 0) is 63.5 Å². The number of fused-ring (bicyclic) bond motifs is 1. The standard InChI is InChI=1S/C16H22ClN3/c1-13-5-6-14-15(11-13)20(16(12-17)18-14)10-4-9-19-7-2-3-8-19/h5-6,11H,2-4,7-10,12H2,1H3. The number of nitrogens with zero attached hydrogens (tertiary/aromatic N) is 3. The number of rotatable bonds is 5. The third-order valence-corrected chi connectivity index (χ3v) is 4.40. The van der Waals surface area contributed by atoms with Crippen molar-refractivity contribution in [1.29, 1.82) is 0 Å². The molecule has 1 fully saturated rings. The first-order valence-electron chi connectivity index (χ1n) is 7.52. The first kappa shape index (κ1) is 13.9. The zero-order valence-corrected chi connectivity index (χ0v) is 12.9. The predicted molar refractivity (Wildman–Crippen MR) is 84.3 cm³/mol. The molecule has 108 valence electrons. The van der Waals surface area contributed by atoms with Gasteiger partial charge in [-0.2, -0.15) is 0 Å². The molecule has 1 aliphatic heterocycles. The molecule has 0 N–H and O–H groups in total. The Morgan fingerprint density at radius 1 is 1.20 bits per heavy atom. The number of aryl methyl sites for hydroxylation is 2. The maximum Gasteiger partial charge on any atom is 0.124 e. The minimum Gasteiger partial charge on any atom is -0.327 e. The summed E-state index contributed by atoms with van der Waals surface area (Å²) >= 11 is 6.06. The van der Waals surface area contributed by atoms with Crippen molar-refractivity contribution in [3.63, 3.8) is 0 Å². The van der Waals surface area contributed by atoms with Crippen LogP contribution in [0.3, 0.4) is 0 Å². The molecule has 3 nitrogen and oxygen atoms in total. The zero-order valence-electron chi connectivity index (χ0n) is 12.1. The molecule has 0 unspecified atom stereocenters. The molecule has 1 aromatic carbocycles. The van der Waals surface area contributed by atoms with Gasteiger partial charge in [-0.3, -0.25) is 0 Å². The van der Waals surface area contributed by atoms with Gasteiger partial charge >= 0.3 is 0 Å². The van der Waals surface area contributed by atoms with Crippen LogP contribution in [-0.2, 0) is 12.4 Å². The van der Waals surface area contributed by atoms with Crippen LogP contribution in [0.4, 0.5) is 0 Å². The highest BCUT2D eigenvalue weighted by molar-refractivity contribution is 6.16. The van der Waals surface area contributed by atoms with Crippen molar-refractivity contribution in [2.24, 2.45) is 0 Å². The van der Waals surface area contributed by atoms with Crippen molar-refractivity contribution in [3.05, 3.63) is 29.6 Å². The summed E-state index contributed by atoms with van der Waals surface area (Å²) in [4.78, 5) is 7.20. The number of halogens is 1. The summed E-state index contributed by atoms with van der Waals surface area (Å²) in [5.74, 6) is 1.48. The molecule has 0 spiro atoms. The number of alkyl halides is 1. The van der Waals surface area contributed by atoms with Crippen molar-refractivity contribution in [2.75, 3.05) is 19.6 Å². The Bertz CT molecular complexity index is 585. The number of hydrogen-bond acceptors (Lipinski definition) is 2. The van der Waals surface area contributed by atoms with Crippen LogP contribution in [0.15, 0.2) is 18.2 Å². The largest absolute Gasteiger partial charge is 0.327 e. The molecule has 4 heteroatoms. The molecule has 2 heterocycles. The van der Waals surface area contributed by atoms with E-state index in [9.17, 15) is 0 Å². The first-order valence-corrected chi connectivity index (χ1v) is 8.05. The Labute approximate surface area is 125 Å². The fourth-order valence-electron chi connectivity index (χ4n) is 3.09. The molecule has 0 bridgehead atoms. The zero-order chi connectivity index (χ0) is 13.9. The average molecular weight is 292 g/mol. The van der Waals surface area contributed by atoms with E-state index < -0.39 is 0 Å². The van der Waals surface area contributed by atoms with Crippen molar-refractivity contribution in [3.8, 4) is 0 Å². The quantitative estimate of drug-likeness (QED) is 0.785. The number of aromatic nitrogens is 2.